The first-order valence-corrected chi connectivity index (χ1v) is 7.58. The Hall–Kier alpha value is -2.69. The molecule has 0 fully saturated rings. The Morgan fingerprint density at radius 3 is 2.48 bits per heavy atom. The highest BCUT2D eigenvalue weighted by Crippen LogP contribution is 2.14. The van der Waals surface area contributed by atoms with E-state index in [-0.39, 0.29) is 24.5 Å². The zero-order valence-corrected chi connectivity index (χ0v) is 13.3. The summed E-state index contributed by atoms with van der Waals surface area (Å²) in [6, 6.07) is 12.3. The molecule has 0 aliphatic heterocycles. The number of anilines is 1. The number of nitrogens with zero attached hydrogens (tertiary/aromatic N) is 1. The first-order chi connectivity index (χ1) is 11.1. The first-order valence-electron chi connectivity index (χ1n) is 7.58. The van der Waals surface area contributed by atoms with Crippen molar-refractivity contribution in [3.8, 4) is 5.75 Å². The number of rotatable bonds is 7. The van der Waals surface area contributed by atoms with Gasteiger partial charge in [-0.1, -0.05) is 6.07 Å². The van der Waals surface area contributed by atoms with Crippen LogP contribution in [0.25, 0.3) is 0 Å². The van der Waals surface area contributed by atoms with Gasteiger partial charge in [0.1, 0.15) is 11.6 Å². The first kappa shape index (κ1) is 16.7. The predicted octanol–water partition coefficient (Wildman–Crippen LogP) is 3.39. The Morgan fingerprint density at radius 1 is 1.09 bits per heavy atom. The van der Waals surface area contributed by atoms with Gasteiger partial charge in [0.25, 0.3) is 0 Å². The van der Waals surface area contributed by atoms with Crippen molar-refractivity contribution in [1.29, 1.82) is 0 Å². The van der Waals surface area contributed by atoms with Crippen LogP contribution in [0.15, 0.2) is 42.5 Å². The zero-order chi connectivity index (χ0) is 16.7. The number of pyridine rings is 1. The van der Waals surface area contributed by atoms with Gasteiger partial charge >= 0.3 is 0 Å². The number of carbonyl (C=O) groups excluding carboxylic acids is 2. The van der Waals surface area contributed by atoms with Crippen LogP contribution in [-0.2, 0) is 4.79 Å². The van der Waals surface area contributed by atoms with Crippen LogP contribution in [0.2, 0.25) is 0 Å². The van der Waals surface area contributed by atoms with Crippen LogP contribution in [0.3, 0.4) is 0 Å². The molecule has 0 aliphatic carbocycles. The number of ether oxygens (including phenoxy) is 1. The van der Waals surface area contributed by atoms with Crippen molar-refractivity contribution in [3.63, 3.8) is 0 Å². The molecule has 0 saturated heterocycles. The molecule has 2 aromatic rings. The predicted molar refractivity (Wildman–Crippen MR) is 88.8 cm³/mol. The molecule has 0 bridgehead atoms. The number of hydrogen-bond acceptors (Lipinski definition) is 4. The molecule has 5 nitrogen and oxygen atoms in total. The third-order valence-corrected chi connectivity index (χ3v) is 3.22. The Balaban J connectivity index is 1.84. The van der Waals surface area contributed by atoms with Crippen molar-refractivity contribution in [2.75, 3.05) is 11.9 Å². The van der Waals surface area contributed by atoms with Gasteiger partial charge in [-0.3, -0.25) is 9.59 Å². The summed E-state index contributed by atoms with van der Waals surface area (Å²) in [5, 5.41) is 2.69. The third-order valence-electron chi connectivity index (χ3n) is 3.22. The highest BCUT2D eigenvalue weighted by atomic mass is 16.5. The molecule has 0 saturated carbocycles. The summed E-state index contributed by atoms with van der Waals surface area (Å²) in [5.41, 5.74) is 1.41. The largest absolute Gasteiger partial charge is 0.494 e. The number of benzene rings is 1. The van der Waals surface area contributed by atoms with Crippen LogP contribution in [0, 0.1) is 6.92 Å². The van der Waals surface area contributed by atoms with Gasteiger partial charge in [-0.05, 0) is 50.2 Å². The van der Waals surface area contributed by atoms with E-state index in [0.717, 1.165) is 11.4 Å². The molecule has 0 atom stereocenters. The van der Waals surface area contributed by atoms with Gasteiger partial charge in [0.15, 0.2) is 5.78 Å². The Morgan fingerprint density at radius 2 is 1.83 bits per heavy atom. The Kier molecular flexibility index (Phi) is 5.86. The maximum atomic E-state index is 12.1. The lowest BCUT2D eigenvalue weighted by molar-refractivity contribution is -0.116. The number of nitrogens with one attached hydrogen (secondary N) is 1. The topological polar surface area (TPSA) is 68.3 Å². The van der Waals surface area contributed by atoms with Crippen LogP contribution in [-0.4, -0.2) is 23.3 Å². The van der Waals surface area contributed by atoms with Crippen LogP contribution in [0.4, 0.5) is 5.82 Å². The zero-order valence-electron chi connectivity index (χ0n) is 13.3. The lowest BCUT2D eigenvalue weighted by Gasteiger charge is -2.06. The van der Waals surface area contributed by atoms with Crippen LogP contribution >= 0.6 is 0 Å². The van der Waals surface area contributed by atoms with Gasteiger partial charge in [-0.2, -0.15) is 0 Å². The number of hydrogen-bond donors (Lipinski definition) is 1. The molecule has 5 heteroatoms. The summed E-state index contributed by atoms with van der Waals surface area (Å²) in [6.07, 6.45) is 0.285. The van der Waals surface area contributed by atoms with Crippen molar-refractivity contribution < 1.29 is 14.3 Å². The third kappa shape index (κ3) is 5.21. The molecule has 1 heterocycles. The lowest BCUT2D eigenvalue weighted by Crippen LogP contribution is -2.14. The van der Waals surface area contributed by atoms with Gasteiger partial charge in [0, 0.05) is 24.1 Å². The summed E-state index contributed by atoms with van der Waals surface area (Å²) < 4.78 is 5.33. The molecular weight excluding hydrogens is 292 g/mol. The smallest absolute Gasteiger partial charge is 0.225 e. The number of amides is 1. The van der Waals surface area contributed by atoms with Crippen LogP contribution in [0.1, 0.15) is 35.8 Å². The molecule has 1 aromatic carbocycles. The van der Waals surface area contributed by atoms with Crippen molar-refractivity contribution in [1.82, 2.24) is 4.98 Å². The minimum atomic E-state index is -0.220. The Bertz CT molecular complexity index is 681. The molecule has 0 radical (unpaired) electrons. The molecule has 1 aromatic heterocycles. The minimum absolute atomic E-state index is 0.0691. The van der Waals surface area contributed by atoms with Gasteiger partial charge < -0.3 is 10.1 Å². The van der Waals surface area contributed by atoms with E-state index in [1.807, 2.05) is 26.0 Å². The van der Waals surface area contributed by atoms with E-state index < -0.39 is 0 Å². The molecule has 2 rings (SSSR count). The van der Waals surface area contributed by atoms with Gasteiger partial charge in [0.2, 0.25) is 5.91 Å². The number of aromatic nitrogens is 1. The van der Waals surface area contributed by atoms with E-state index in [0.29, 0.717) is 18.0 Å². The number of Topliss-reactive ketones (excluding diaryl/α,β-unsaturated/α-hetero) is 1. The summed E-state index contributed by atoms with van der Waals surface area (Å²) in [7, 11) is 0. The normalized spacial score (nSPS) is 10.2. The van der Waals surface area contributed by atoms with E-state index in [1.54, 1.807) is 30.3 Å². The standard InChI is InChI=1S/C18H20N2O3/c1-3-23-15-9-7-14(8-10-15)16(21)11-12-18(22)20-17-6-4-5-13(2)19-17/h4-10H,3,11-12H2,1-2H3,(H,19,20,22). The van der Waals surface area contributed by atoms with Crippen molar-refractivity contribution >= 4 is 17.5 Å². The molecular formula is C18H20N2O3. The number of carbonyl (C=O) groups is 2. The quantitative estimate of drug-likeness (QED) is 0.796. The maximum absolute atomic E-state index is 12.1. The Labute approximate surface area is 135 Å². The van der Waals surface area contributed by atoms with E-state index >= 15 is 0 Å². The minimum Gasteiger partial charge on any atom is -0.494 e. The lowest BCUT2D eigenvalue weighted by atomic mass is 10.1. The maximum Gasteiger partial charge on any atom is 0.225 e. The molecule has 0 aliphatic rings. The molecule has 120 valence electrons. The number of aryl methyl sites for hydroxylation is 1. The summed E-state index contributed by atoms with van der Waals surface area (Å²) in [4.78, 5) is 28.2. The van der Waals surface area contributed by atoms with Crippen molar-refractivity contribution in [2.24, 2.45) is 0 Å². The average Bonchev–Trinajstić information content (AvgIpc) is 2.54. The van der Waals surface area contributed by atoms with Crippen molar-refractivity contribution in [3.05, 3.63) is 53.7 Å². The molecule has 23 heavy (non-hydrogen) atoms. The molecule has 1 amide bonds. The van der Waals surface area contributed by atoms with Crippen LogP contribution < -0.4 is 10.1 Å². The second kappa shape index (κ2) is 8.08. The summed E-state index contributed by atoms with van der Waals surface area (Å²) in [5.74, 6) is 0.943. The fourth-order valence-corrected chi connectivity index (χ4v) is 2.09. The molecule has 0 spiro atoms. The summed E-state index contributed by atoms with van der Waals surface area (Å²) in [6.45, 7) is 4.34. The molecule has 0 unspecified atom stereocenters. The average molecular weight is 312 g/mol. The fourth-order valence-electron chi connectivity index (χ4n) is 2.09. The van der Waals surface area contributed by atoms with E-state index in [2.05, 4.69) is 10.3 Å². The monoisotopic (exact) mass is 312 g/mol. The summed E-state index contributed by atoms with van der Waals surface area (Å²) >= 11 is 0. The van der Waals surface area contributed by atoms with Gasteiger partial charge in [0.05, 0.1) is 6.61 Å². The highest BCUT2D eigenvalue weighted by molar-refractivity contribution is 5.99. The van der Waals surface area contributed by atoms with Gasteiger partial charge in [-0.15, -0.1) is 0 Å². The van der Waals surface area contributed by atoms with E-state index in [1.165, 1.54) is 0 Å². The molecule has 1 N–H and O–H groups in total. The number of ketones is 1. The second-order valence-electron chi connectivity index (χ2n) is 5.09. The van der Waals surface area contributed by atoms with Crippen LogP contribution in [0.5, 0.6) is 5.75 Å². The SMILES string of the molecule is CCOc1ccc(C(=O)CCC(=O)Nc2cccc(C)n2)cc1. The van der Waals surface area contributed by atoms with E-state index in [9.17, 15) is 9.59 Å². The highest BCUT2D eigenvalue weighted by Gasteiger charge is 2.10. The fraction of sp³-hybridized carbons (Fsp3) is 0.278. The van der Waals surface area contributed by atoms with E-state index in [4.69, 9.17) is 4.74 Å². The van der Waals surface area contributed by atoms with Crippen molar-refractivity contribution in [2.45, 2.75) is 26.7 Å². The second-order valence-corrected chi connectivity index (χ2v) is 5.09. The van der Waals surface area contributed by atoms with Gasteiger partial charge in [-0.25, -0.2) is 4.98 Å².